The molecule has 0 atom stereocenters. The fourth-order valence-corrected chi connectivity index (χ4v) is 5.57. The van der Waals surface area contributed by atoms with Crippen LogP contribution in [0.25, 0.3) is 0 Å². The van der Waals surface area contributed by atoms with Gasteiger partial charge in [0.15, 0.2) is 0 Å². The molecule has 3 aromatic carbocycles. The molecule has 0 saturated carbocycles. The van der Waals surface area contributed by atoms with Gasteiger partial charge in [0.1, 0.15) is 0 Å². The van der Waals surface area contributed by atoms with E-state index in [9.17, 15) is 9.59 Å². The van der Waals surface area contributed by atoms with Gasteiger partial charge in [-0.05, 0) is 48.1 Å². The molecule has 2 amide bonds. The number of amides is 2. The zero-order valence-electron chi connectivity index (χ0n) is 23.4. The molecule has 2 heterocycles. The van der Waals surface area contributed by atoms with Gasteiger partial charge in [-0.3, -0.25) is 14.5 Å². The second-order valence-electron chi connectivity index (χ2n) is 10.9. The smallest absolute Gasteiger partial charge is 0.253 e. The van der Waals surface area contributed by atoms with Crippen molar-refractivity contribution in [3.8, 4) is 0 Å². The maximum absolute atomic E-state index is 13.7. The molecule has 0 aromatic heterocycles. The van der Waals surface area contributed by atoms with E-state index in [0.717, 1.165) is 75.6 Å². The summed E-state index contributed by atoms with van der Waals surface area (Å²) >= 11 is 0. The highest BCUT2D eigenvalue weighted by atomic mass is 16.5. The normalized spacial score (nSPS) is 16.6. The van der Waals surface area contributed by atoms with Gasteiger partial charge in [-0.25, -0.2) is 0 Å². The van der Waals surface area contributed by atoms with Gasteiger partial charge in [0.2, 0.25) is 5.91 Å². The number of piperidine rings is 1. The molecule has 7 nitrogen and oxygen atoms in total. The molecule has 40 heavy (non-hydrogen) atoms. The van der Waals surface area contributed by atoms with Crippen molar-refractivity contribution in [2.24, 2.45) is 5.92 Å². The van der Waals surface area contributed by atoms with E-state index in [1.165, 1.54) is 0 Å². The SMILES string of the molecule is CC1CCN(c2ccc(NC(=O)C(c3ccccc3)c3ccccc3)cc2C(=O)NCCN2CCOCC2)CC1. The van der Waals surface area contributed by atoms with Crippen LogP contribution in [0.5, 0.6) is 0 Å². The number of ether oxygens (including phenoxy) is 1. The number of rotatable bonds is 9. The first-order valence-corrected chi connectivity index (χ1v) is 14.5. The lowest BCUT2D eigenvalue weighted by Gasteiger charge is -2.33. The molecule has 2 saturated heterocycles. The van der Waals surface area contributed by atoms with Crippen molar-refractivity contribution in [2.45, 2.75) is 25.7 Å². The highest BCUT2D eigenvalue weighted by Crippen LogP contribution is 2.31. The van der Waals surface area contributed by atoms with Crippen LogP contribution in [-0.4, -0.2) is 69.2 Å². The molecular formula is C33H40N4O3. The molecule has 0 bridgehead atoms. The van der Waals surface area contributed by atoms with Gasteiger partial charge >= 0.3 is 0 Å². The Hall–Kier alpha value is -3.68. The molecule has 2 fully saturated rings. The summed E-state index contributed by atoms with van der Waals surface area (Å²) < 4.78 is 5.44. The van der Waals surface area contributed by atoms with E-state index in [1.807, 2.05) is 78.9 Å². The lowest BCUT2D eigenvalue weighted by molar-refractivity contribution is -0.116. The van der Waals surface area contributed by atoms with E-state index in [-0.39, 0.29) is 11.8 Å². The number of morpholine rings is 1. The minimum atomic E-state index is -0.462. The Kier molecular flexibility index (Phi) is 9.47. The maximum Gasteiger partial charge on any atom is 0.253 e. The van der Waals surface area contributed by atoms with Crippen molar-refractivity contribution in [3.05, 3.63) is 95.6 Å². The molecule has 5 rings (SSSR count). The number of carbonyl (C=O) groups excluding carboxylic acids is 2. The van der Waals surface area contributed by atoms with Crippen molar-refractivity contribution >= 4 is 23.2 Å². The number of anilines is 2. The van der Waals surface area contributed by atoms with Crippen molar-refractivity contribution in [3.63, 3.8) is 0 Å². The minimum Gasteiger partial charge on any atom is -0.379 e. The Morgan fingerprint density at radius 2 is 1.50 bits per heavy atom. The van der Waals surface area contributed by atoms with Crippen LogP contribution in [0.4, 0.5) is 11.4 Å². The minimum absolute atomic E-state index is 0.111. The van der Waals surface area contributed by atoms with Crippen molar-refractivity contribution in [2.75, 3.05) is 62.7 Å². The fourth-order valence-electron chi connectivity index (χ4n) is 5.57. The number of nitrogens with zero attached hydrogens (tertiary/aromatic N) is 2. The molecule has 2 aliphatic rings. The Balaban J connectivity index is 1.36. The standard InChI is InChI=1S/C33H40N4O3/c1-25-14-17-37(18-15-25)30-13-12-28(24-29(30)32(38)34-16-19-36-20-22-40-23-21-36)35-33(39)31(26-8-4-2-5-9-26)27-10-6-3-7-11-27/h2-13,24-25,31H,14-23H2,1H3,(H,34,38)(H,35,39). The molecule has 0 radical (unpaired) electrons. The Labute approximate surface area is 237 Å². The number of hydrogen-bond donors (Lipinski definition) is 2. The predicted molar refractivity (Wildman–Crippen MR) is 160 cm³/mol. The van der Waals surface area contributed by atoms with Gasteiger partial charge in [0.05, 0.1) is 24.7 Å². The van der Waals surface area contributed by atoms with Gasteiger partial charge in [-0.1, -0.05) is 67.6 Å². The second-order valence-corrected chi connectivity index (χ2v) is 10.9. The van der Waals surface area contributed by atoms with Crippen molar-refractivity contribution < 1.29 is 14.3 Å². The third kappa shape index (κ3) is 7.09. The van der Waals surface area contributed by atoms with Crippen LogP contribution in [0.3, 0.4) is 0 Å². The third-order valence-electron chi connectivity index (χ3n) is 7.98. The molecule has 0 unspecified atom stereocenters. The fraction of sp³-hybridized carbons (Fsp3) is 0.394. The summed E-state index contributed by atoms with van der Waals surface area (Å²) in [5.74, 6) is -0.0127. The summed E-state index contributed by atoms with van der Waals surface area (Å²) in [6.45, 7) is 8.73. The van der Waals surface area contributed by atoms with E-state index in [4.69, 9.17) is 4.74 Å². The quantitative estimate of drug-likeness (QED) is 0.410. The molecule has 3 aromatic rings. The van der Waals surface area contributed by atoms with E-state index in [0.29, 0.717) is 23.7 Å². The average Bonchev–Trinajstić information content (AvgIpc) is 2.99. The molecule has 2 aliphatic heterocycles. The maximum atomic E-state index is 13.7. The lowest BCUT2D eigenvalue weighted by Crippen LogP contribution is -2.41. The molecule has 0 aliphatic carbocycles. The second kappa shape index (κ2) is 13.6. The molecule has 2 N–H and O–H groups in total. The van der Waals surface area contributed by atoms with Gasteiger partial charge in [-0.15, -0.1) is 0 Å². The Bertz CT molecular complexity index is 1210. The topological polar surface area (TPSA) is 73.9 Å². The summed E-state index contributed by atoms with van der Waals surface area (Å²) in [5, 5.41) is 6.25. The number of hydrogen-bond acceptors (Lipinski definition) is 5. The van der Waals surface area contributed by atoms with E-state index in [1.54, 1.807) is 0 Å². The first kappa shape index (κ1) is 27.9. The first-order valence-electron chi connectivity index (χ1n) is 14.5. The van der Waals surface area contributed by atoms with Crippen LogP contribution in [0.15, 0.2) is 78.9 Å². The molecular weight excluding hydrogens is 500 g/mol. The molecule has 210 valence electrons. The summed E-state index contributed by atoms with van der Waals surface area (Å²) in [4.78, 5) is 31.9. The number of nitrogens with one attached hydrogen (secondary N) is 2. The van der Waals surface area contributed by atoms with Crippen LogP contribution in [-0.2, 0) is 9.53 Å². The highest BCUT2D eigenvalue weighted by Gasteiger charge is 2.25. The summed E-state index contributed by atoms with van der Waals surface area (Å²) in [7, 11) is 0. The zero-order chi connectivity index (χ0) is 27.7. The largest absolute Gasteiger partial charge is 0.379 e. The van der Waals surface area contributed by atoms with E-state index < -0.39 is 5.92 Å². The van der Waals surface area contributed by atoms with Crippen LogP contribution in [0, 0.1) is 5.92 Å². The first-order chi connectivity index (χ1) is 19.6. The lowest BCUT2D eigenvalue weighted by atomic mass is 9.90. The zero-order valence-corrected chi connectivity index (χ0v) is 23.4. The van der Waals surface area contributed by atoms with Gasteiger partial charge in [0, 0.05) is 50.6 Å². The van der Waals surface area contributed by atoms with Gasteiger partial charge < -0.3 is 20.3 Å². The Morgan fingerprint density at radius 1 is 0.875 bits per heavy atom. The van der Waals surface area contributed by atoms with Crippen molar-refractivity contribution in [1.82, 2.24) is 10.2 Å². The van der Waals surface area contributed by atoms with Crippen LogP contribution in [0.2, 0.25) is 0 Å². The van der Waals surface area contributed by atoms with Gasteiger partial charge in [-0.2, -0.15) is 0 Å². The van der Waals surface area contributed by atoms with Crippen LogP contribution < -0.4 is 15.5 Å². The monoisotopic (exact) mass is 540 g/mol. The summed E-state index contributed by atoms with van der Waals surface area (Å²) in [6, 6.07) is 25.4. The average molecular weight is 541 g/mol. The van der Waals surface area contributed by atoms with E-state index in [2.05, 4.69) is 27.4 Å². The predicted octanol–water partition coefficient (Wildman–Crippen LogP) is 4.76. The Morgan fingerprint density at radius 3 is 2.12 bits per heavy atom. The third-order valence-corrected chi connectivity index (χ3v) is 7.98. The summed E-state index contributed by atoms with van der Waals surface area (Å²) in [6.07, 6.45) is 2.21. The summed E-state index contributed by atoms with van der Waals surface area (Å²) in [5.41, 5.74) is 3.99. The number of benzene rings is 3. The van der Waals surface area contributed by atoms with E-state index >= 15 is 0 Å². The number of carbonyl (C=O) groups is 2. The van der Waals surface area contributed by atoms with Crippen molar-refractivity contribution in [1.29, 1.82) is 0 Å². The van der Waals surface area contributed by atoms with Gasteiger partial charge in [0.25, 0.3) is 5.91 Å². The van der Waals surface area contributed by atoms with Crippen LogP contribution >= 0.6 is 0 Å². The highest BCUT2D eigenvalue weighted by molar-refractivity contribution is 6.03. The van der Waals surface area contributed by atoms with Crippen LogP contribution in [0.1, 0.15) is 47.2 Å². The molecule has 0 spiro atoms. The molecule has 7 heteroatoms.